The van der Waals surface area contributed by atoms with Gasteiger partial charge in [-0.15, -0.1) is 0 Å². The lowest BCUT2D eigenvalue weighted by Gasteiger charge is -2.09. The van der Waals surface area contributed by atoms with E-state index in [-0.39, 0.29) is 17.8 Å². The highest BCUT2D eigenvalue weighted by Crippen LogP contribution is 2.31. The van der Waals surface area contributed by atoms with Crippen molar-refractivity contribution in [2.24, 2.45) is 5.73 Å². The fourth-order valence-corrected chi connectivity index (χ4v) is 1.67. The molecule has 0 amide bonds. The number of nitrogens with two attached hydrogens (primary N) is 1. The molecular weight excluding hydrogens is 262 g/mol. The summed E-state index contributed by atoms with van der Waals surface area (Å²) in [6, 6.07) is 2.26. The Hall–Kier alpha value is -1.43. The molecule has 0 saturated heterocycles. The van der Waals surface area contributed by atoms with Crippen molar-refractivity contribution in [3.05, 3.63) is 35.1 Å². The number of Topliss-reactive ketones (excluding diaryl/α,β-unsaturated/α-hetero) is 1. The number of alkyl halides is 3. The number of carbonyl (C=O) groups is 1. The van der Waals surface area contributed by atoms with Gasteiger partial charge in [0.25, 0.3) is 0 Å². The van der Waals surface area contributed by atoms with Crippen LogP contribution in [0.25, 0.3) is 0 Å². The van der Waals surface area contributed by atoms with E-state index in [2.05, 4.69) is 0 Å². The summed E-state index contributed by atoms with van der Waals surface area (Å²) in [6.45, 7) is 0.531. The number of rotatable bonds is 6. The third kappa shape index (κ3) is 4.63. The lowest BCUT2D eigenvalue weighted by molar-refractivity contribution is -0.140. The Bertz CT molecular complexity index is 443. The molecule has 0 unspecified atom stereocenters. The van der Waals surface area contributed by atoms with Crippen molar-refractivity contribution in [1.82, 2.24) is 0 Å². The van der Waals surface area contributed by atoms with Crippen molar-refractivity contribution < 1.29 is 22.4 Å². The SMILES string of the molecule is NCCCCCC(=O)c1ccc(C(F)(F)F)c(F)c1. The molecule has 6 heteroatoms. The number of unbranched alkanes of at least 4 members (excludes halogenated alkanes) is 2. The maximum atomic E-state index is 13.3. The number of benzene rings is 1. The molecule has 0 radical (unpaired) electrons. The molecule has 0 aliphatic rings. The minimum atomic E-state index is -4.74. The van der Waals surface area contributed by atoms with Gasteiger partial charge in [0, 0.05) is 12.0 Å². The maximum absolute atomic E-state index is 13.3. The molecule has 2 N–H and O–H groups in total. The Morgan fingerprint density at radius 2 is 1.84 bits per heavy atom. The molecule has 0 fully saturated rings. The lowest BCUT2D eigenvalue weighted by Crippen LogP contribution is -2.09. The summed E-state index contributed by atoms with van der Waals surface area (Å²) in [6.07, 6.45) is -2.41. The highest BCUT2D eigenvalue weighted by Gasteiger charge is 2.34. The van der Waals surface area contributed by atoms with Gasteiger partial charge in [-0.1, -0.05) is 12.5 Å². The van der Waals surface area contributed by atoms with E-state index in [0.29, 0.717) is 25.1 Å². The second-order valence-corrected chi connectivity index (χ2v) is 4.21. The van der Waals surface area contributed by atoms with Gasteiger partial charge in [0.1, 0.15) is 5.82 Å². The van der Waals surface area contributed by atoms with E-state index in [0.717, 1.165) is 18.9 Å². The third-order valence-corrected chi connectivity index (χ3v) is 2.70. The second-order valence-electron chi connectivity index (χ2n) is 4.21. The summed E-state index contributed by atoms with van der Waals surface area (Å²) in [5, 5.41) is 0. The van der Waals surface area contributed by atoms with E-state index in [4.69, 9.17) is 5.73 Å². The number of carbonyl (C=O) groups excluding carboxylic acids is 1. The Balaban J connectivity index is 2.70. The quantitative estimate of drug-likeness (QED) is 0.491. The van der Waals surface area contributed by atoms with Crippen LogP contribution in [0.15, 0.2) is 18.2 Å². The number of ketones is 1. The zero-order chi connectivity index (χ0) is 14.5. The van der Waals surface area contributed by atoms with Crippen molar-refractivity contribution in [2.75, 3.05) is 6.54 Å². The average molecular weight is 277 g/mol. The molecule has 2 nitrogen and oxygen atoms in total. The summed E-state index contributed by atoms with van der Waals surface area (Å²) >= 11 is 0. The first-order chi connectivity index (χ1) is 8.86. The predicted octanol–water partition coefficient (Wildman–Crippen LogP) is 3.55. The Labute approximate surface area is 108 Å². The van der Waals surface area contributed by atoms with Crippen molar-refractivity contribution in [3.63, 3.8) is 0 Å². The van der Waals surface area contributed by atoms with E-state index in [1.807, 2.05) is 0 Å². The van der Waals surface area contributed by atoms with Gasteiger partial charge < -0.3 is 5.73 Å². The van der Waals surface area contributed by atoms with Crippen molar-refractivity contribution in [2.45, 2.75) is 31.9 Å². The van der Waals surface area contributed by atoms with Crippen LogP contribution in [0.2, 0.25) is 0 Å². The molecule has 106 valence electrons. The largest absolute Gasteiger partial charge is 0.419 e. The Morgan fingerprint density at radius 3 is 2.37 bits per heavy atom. The summed E-state index contributed by atoms with van der Waals surface area (Å²) in [4.78, 5) is 11.6. The van der Waals surface area contributed by atoms with Crippen LogP contribution in [0.4, 0.5) is 17.6 Å². The molecular formula is C13H15F4NO. The monoisotopic (exact) mass is 277 g/mol. The minimum absolute atomic E-state index is 0.0294. The fourth-order valence-electron chi connectivity index (χ4n) is 1.67. The van der Waals surface area contributed by atoms with Crippen LogP contribution in [-0.4, -0.2) is 12.3 Å². The van der Waals surface area contributed by atoms with Crippen LogP contribution in [0, 0.1) is 5.82 Å². The highest BCUT2D eigenvalue weighted by atomic mass is 19.4. The molecule has 0 bridgehead atoms. The third-order valence-electron chi connectivity index (χ3n) is 2.70. The van der Waals surface area contributed by atoms with Crippen LogP contribution in [0.5, 0.6) is 0 Å². The Morgan fingerprint density at radius 1 is 1.16 bits per heavy atom. The first-order valence-corrected chi connectivity index (χ1v) is 5.96. The van der Waals surface area contributed by atoms with Gasteiger partial charge in [-0.25, -0.2) is 4.39 Å². The van der Waals surface area contributed by atoms with Crippen LogP contribution in [0.1, 0.15) is 41.6 Å². The maximum Gasteiger partial charge on any atom is 0.419 e. The standard InChI is InChI=1S/C13H15F4NO/c14-11-8-9(5-6-10(11)13(15,16)17)12(19)4-2-1-3-7-18/h5-6,8H,1-4,7,18H2. The van der Waals surface area contributed by atoms with Crippen molar-refractivity contribution >= 4 is 5.78 Å². The van der Waals surface area contributed by atoms with E-state index >= 15 is 0 Å². The van der Waals surface area contributed by atoms with Gasteiger partial charge in [0.2, 0.25) is 0 Å². The summed E-state index contributed by atoms with van der Waals surface area (Å²) in [5.74, 6) is -1.77. The molecule has 0 aromatic heterocycles. The first-order valence-electron chi connectivity index (χ1n) is 5.96. The summed E-state index contributed by atoms with van der Waals surface area (Å²) in [5.41, 5.74) is 3.91. The molecule has 0 atom stereocenters. The van der Waals surface area contributed by atoms with Gasteiger partial charge in [0.05, 0.1) is 5.56 Å². The molecule has 1 aromatic carbocycles. The molecule has 0 saturated carbocycles. The molecule has 0 heterocycles. The number of hydrogen-bond acceptors (Lipinski definition) is 2. The second kappa shape index (κ2) is 6.65. The highest BCUT2D eigenvalue weighted by molar-refractivity contribution is 5.96. The van der Waals surface area contributed by atoms with E-state index < -0.39 is 17.6 Å². The number of halogens is 4. The fraction of sp³-hybridized carbons (Fsp3) is 0.462. The van der Waals surface area contributed by atoms with Gasteiger partial charge in [-0.3, -0.25) is 4.79 Å². The number of hydrogen-bond donors (Lipinski definition) is 1. The smallest absolute Gasteiger partial charge is 0.330 e. The van der Waals surface area contributed by atoms with E-state index in [1.54, 1.807) is 0 Å². The zero-order valence-electron chi connectivity index (χ0n) is 10.3. The minimum Gasteiger partial charge on any atom is -0.330 e. The first kappa shape index (κ1) is 15.6. The van der Waals surface area contributed by atoms with Crippen LogP contribution >= 0.6 is 0 Å². The molecule has 0 aliphatic heterocycles. The average Bonchev–Trinajstić information content (AvgIpc) is 2.32. The van der Waals surface area contributed by atoms with E-state index in [9.17, 15) is 22.4 Å². The zero-order valence-corrected chi connectivity index (χ0v) is 10.3. The summed E-state index contributed by atoms with van der Waals surface area (Å²) < 4.78 is 50.3. The van der Waals surface area contributed by atoms with Gasteiger partial charge in [-0.2, -0.15) is 13.2 Å². The Kier molecular flexibility index (Phi) is 5.47. The molecule has 0 aliphatic carbocycles. The molecule has 19 heavy (non-hydrogen) atoms. The van der Waals surface area contributed by atoms with Crippen LogP contribution in [-0.2, 0) is 6.18 Å². The topological polar surface area (TPSA) is 43.1 Å². The van der Waals surface area contributed by atoms with Crippen molar-refractivity contribution in [3.8, 4) is 0 Å². The van der Waals surface area contributed by atoms with Gasteiger partial charge in [-0.05, 0) is 31.5 Å². The lowest BCUT2D eigenvalue weighted by atomic mass is 10.0. The van der Waals surface area contributed by atoms with Crippen LogP contribution < -0.4 is 5.73 Å². The van der Waals surface area contributed by atoms with Gasteiger partial charge >= 0.3 is 6.18 Å². The molecule has 1 aromatic rings. The van der Waals surface area contributed by atoms with E-state index in [1.165, 1.54) is 0 Å². The van der Waals surface area contributed by atoms with Crippen molar-refractivity contribution in [1.29, 1.82) is 0 Å². The predicted molar refractivity (Wildman–Crippen MR) is 63.3 cm³/mol. The summed E-state index contributed by atoms with van der Waals surface area (Å²) in [7, 11) is 0. The molecule has 1 rings (SSSR count). The van der Waals surface area contributed by atoms with Gasteiger partial charge in [0.15, 0.2) is 5.78 Å². The molecule has 0 spiro atoms. The normalized spacial score (nSPS) is 11.6. The van der Waals surface area contributed by atoms with Crippen LogP contribution in [0.3, 0.4) is 0 Å².